The molecule has 0 aliphatic carbocycles. The molecular weight excluding hydrogens is 280 g/mol. The highest BCUT2D eigenvalue weighted by Gasteiger charge is 2.35. The minimum atomic E-state index is -3.35. The second-order valence-electron chi connectivity index (χ2n) is 5.81. The predicted molar refractivity (Wildman–Crippen MR) is 76.6 cm³/mol. The maximum absolute atomic E-state index is 12.6. The number of hydrogen-bond acceptors (Lipinski definition) is 4. The number of hydrogen-bond donors (Lipinski definition) is 2. The summed E-state index contributed by atoms with van der Waals surface area (Å²) in [5, 5.41) is 11.7. The molecule has 2 saturated heterocycles. The first kappa shape index (κ1) is 15.5. The van der Waals surface area contributed by atoms with Crippen LogP contribution in [0.3, 0.4) is 0 Å². The van der Waals surface area contributed by atoms with Gasteiger partial charge in [0, 0.05) is 32.1 Å². The van der Waals surface area contributed by atoms with Crippen LogP contribution in [-0.4, -0.2) is 54.3 Å². The van der Waals surface area contributed by atoms with Crippen molar-refractivity contribution in [3.63, 3.8) is 0 Å². The summed E-state index contributed by atoms with van der Waals surface area (Å²) in [6.07, 6.45) is 3.25. The van der Waals surface area contributed by atoms with Crippen molar-refractivity contribution in [3.8, 4) is 0 Å². The highest BCUT2D eigenvalue weighted by atomic mass is 32.2. The lowest BCUT2D eigenvalue weighted by Crippen LogP contribution is -2.50. The quantitative estimate of drug-likeness (QED) is 0.342. The monoisotopic (exact) mass is 304 g/mol. The van der Waals surface area contributed by atoms with E-state index in [0.29, 0.717) is 44.9 Å². The Morgan fingerprint density at radius 1 is 1.20 bits per heavy atom. The van der Waals surface area contributed by atoms with Crippen LogP contribution in [-0.2, 0) is 10.2 Å². The number of piperidine rings is 2. The van der Waals surface area contributed by atoms with Gasteiger partial charge in [0.05, 0.1) is 0 Å². The van der Waals surface area contributed by atoms with E-state index < -0.39 is 10.2 Å². The average molecular weight is 304 g/mol. The van der Waals surface area contributed by atoms with Gasteiger partial charge in [-0.2, -0.15) is 17.0 Å². The second-order valence-corrected chi connectivity index (χ2v) is 7.74. The molecule has 0 aromatic heterocycles. The van der Waals surface area contributed by atoms with Gasteiger partial charge in [0.25, 0.3) is 10.2 Å². The zero-order valence-electron chi connectivity index (χ0n) is 11.9. The Balaban J connectivity index is 1.98. The fourth-order valence-corrected chi connectivity index (χ4v) is 4.78. The average Bonchev–Trinajstić information content (AvgIpc) is 2.46. The minimum Gasteiger partial charge on any atom is -0.409 e. The Hall–Kier alpha value is -0.860. The van der Waals surface area contributed by atoms with Gasteiger partial charge in [0.2, 0.25) is 0 Å². The maximum Gasteiger partial charge on any atom is 0.281 e. The van der Waals surface area contributed by atoms with Crippen LogP contribution in [0.15, 0.2) is 5.16 Å². The van der Waals surface area contributed by atoms with Crippen LogP contribution in [0.2, 0.25) is 0 Å². The van der Waals surface area contributed by atoms with Gasteiger partial charge in [-0.3, -0.25) is 0 Å². The van der Waals surface area contributed by atoms with Crippen molar-refractivity contribution in [1.82, 2.24) is 8.61 Å². The van der Waals surface area contributed by atoms with Crippen molar-refractivity contribution in [2.45, 2.75) is 32.6 Å². The lowest BCUT2D eigenvalue weighted by Gasteiger charge is -2.37. The van der Waals surface area contributed by atoms with Crippen LogP contribution >= 0.6 is 0 Å². The van der Waals surface area contributed by atoms with Gasteiger partial charge in [0.1, 0.15) is 5.84 Å². The molecule has 20 heavy (non-hydrogen) atoms. The number of rotatable bonds is 3. The lowest BCUT2D eigenvalue weighted by molar-refractivity contribution is 0.239. The fraction of sp³-hybridized carbons (Fsp3) is 0.917. The van der Waals surface area contributed by atoms with Crippen LogP contribution in [0.5, 0.6) is 0 Å². The summed E-state index contributed by atoms with van der Waals surface area (Å²) in [4.78, 5) is 0. The molecule has 116 valence electrons. The summed E-state index contributed by atoms with van der Waals surface area (Å²) in [7, 11) is -3.35. The maximum atomic E-state index is 12.6. The highest BCUT2D eigenvalue weighted by Crippen LogP contribution is 2.25. The van der Waals surface area contributed by atoms with Crippen LogP contribution in [0, 0.1) is 11.8 Å². The smallest absolute Gasteiger partial charge is 0.281 e. The highest BCUT2D eigenvalue weighted by molar-refractivity contribution is 7.86. The Morgan fingerprint density at radius 2 is 1.85 bits per heavy atom. The van der Waals surface area contributed by atoms with Gasteiger partial charge in [-0.05, 0) is 31.6 Å². The molecule has 1 atom stereocenters. The molecule has 2 aliphatic rings. The van der Waals surface area contributed by atoms with Crippen molar-refractivity contribution in [2.24, 2.45) is 22.7 Å². The summed E-state index contributed by atoms with van der Waals surface area (Å²) in [5.41, 5.74) is 5.58. The predicted octanol–water partition coefficient (Wildman–Crippen LogP) is 0.422. The molecule has 8 heteroatoms. The van der Waals surface area contributed by atoms with E-state index in [1.165, 1.54) is 4.31 Å². The molecule has 2 aliphatic heterocycles. The summed E-state index contributed by atoms with van der Waals surface area (Å²) < 4.78 is 28.3. The van der Waals surface area contributed by atoms with Crippen molar-refractivity contribution >= 4 is 16.0 Å². The molecule has 2 rings (SSSR count). The van der Waals surface area contributed by atoms with Crippen molar-refractivity contribution < 1.29 is 13.6 Å². The third-order valence-electron chi connectivity index (χ3n) is 4.26. The van der Waals surface area contributed by atoms with Gasteiger partial charge < -0.3 is 10.9 Å². The number of nitrogens with two attached hydrogens (primary N) is 1. The molecule has 0 amide bonds. The molecule has 1 unspecified atom stereocenters. The first-order valence-corrected chi connectivity index (χ1v) is 8.57. The topological polar surface area (TPSA) is 99.2 Å². The third kappa shape index (κ3) is 3.24. The molecule has 3 N–H and O–H groups in total. The molecule has 0 spiro atoms. The summed E-state index contributed by atoms with van der Waals surface area (Å²) in [6, 6.07) is 0. The number of oxime groups is 1. The summed E-state index contributed by atoms with van der Waals surface area (Å²) >= 11 is 0. The van der Waals surface area contributed by atoms with E-state index in [1.54, 1.807) is 4.31 Å². The van der Waals surface area contributed by atoms with E-state index in [-0.39, 0.29) is 11.8 Å². The van der Waals surface area contributed by atoms with Crippen molar-refractivity contribution in [3.05, 3.63) is 0 Å². The first-order valence-electron chi connectivity index (χ1n) is 7.17. The molecule has 0 aromatic rings. The van der Waals surface area contributed by atoms with E-state index in [4.69, 9.17) is 10.9 Å². The summed E-state index contributed by atoms with van der Waals surface area (Å²) in [6.45, 7) is 4.20. The van der Waals surface area contributed by atoms with Crippen LogP contribution in [0.4, 0.5) is 0 Å². The van der Waals surface area contributed by atoms with Gasteiger partial charge in [0.15, 0.2) is 0 Å². The second kappa shape index (κ2) is 6.28. The van der Waals surface area contributed by atoms with Crippen LogP contribution in [0.25, 0.3) is 0 Å². The first-order chi connectivity index (χ1) is 9.45. The number of amidine groups is 1. The SMILES string of the molecule is CC1CCCN(S(=O)(=O)N2CCC(C(N)=NO)CC2)C1. The van der Waals surface area contributed by atoms with Crippen molar-refractivity contribution in [1.29, 1.82) is 0 Å². The van der Waals surface area contributed by atoms with Gasteiger partial charge in [-0.25, -0.2) is 0 Å². The molecule has 0 bridgehead atoms. The Morgan fingerprint density at radius 3 is 2.40 bits per heavy atom. The Labute approximate surface area is 120 Å². The Bertz CT molecular complexity index is 457. The third-order valence-corrected chi connectivity index (χ3v) is 6.26. The number of nitrogens with zero attached hydrogens (tertiary/aromatic N) is 3. The summed E-state index contributed by atoms with van der Waals surface area (Å²) in [5.74, 6) is 0.605. The molecule has 2 heterocycles. The minimum absolute atomic E-state index is 0.0215. The van der Waals surface area contributed by atoms with Crippen LogP contribution in [0.1, 0.15) is 32.6 Å². The molecule has 7 nitrogen and oxygen atoms in total. The van der Waals surface area contributed by atoms with E-state index in [0.717, 1.165) is 12.8 Å². The molecular formula is C12H24N4O3S. The molecule has 0 saturated carbocycles. The normalized spacial score (nSPS) is 28.6. The molecule has 0 aromatic carbocycles. The van der Waals surface area contributed by atoms with Gasteiger partial charge in [-0.1, -0.05) is 12.1 Å². The van der Waals surface area contributed by atoms with Gasteiger partial charge >= 0.3 is 0 Å². The fourth-order valence-electron chi connectivity index (χ4n) is 2.98. The Kier molecular flexibility index (Phi) is 4.87. The van der Waals surface area contributed by atoms with Crippen LogP contribution < -0.4 is 5.73 Å². The zero-order valence-corrected chi connectivity index (χ0v) is 12.7. The lowest BCUT2D eigenvalue weighted by atomic mass is 9.97. The van der Waals surface area contributed by atoms with E-state index >= 15 is 0 Å². The van der Waals surface area contributed by atoms with E-state index in [9.17, 15) is 8.42 Å². The molecule has 2 fully saturated rings. The largest absolute Gasteiger partial charge is 0.409 e. The van der Waals surface area contributed by atoms with E-state index in [2.05, 4.69) is 12.1 Å². The van der Waals surface area contributed by atoms with E-state index in [1.807, 2.05) is 0 Å². The zero-order chi connectivity index (χ0) is 14.8. The van der Waals surface area contributed by atoms with Gasteiger partial charge in [-0.15, -0.1) is 0 Å². The standard InChI is InChI=1S/C12H24N4O3S/c1-10-3-2-6-16(9-10)20(18,19)15-7-4-11(5-8-15)12(13)14-17/h10-11,17H,2-9H2,1H3,(H2,13,14). The molecule has 0 radical (unpaired) electrons. The van der Waals surface area contributed by atoms with Crippen molar-refractivity contribution in [2.75, 3.05) is 26.2 Å².